The molecule has 0 radical (unpaired) electrons. The number of amides is 1. The zero-order valence-corrected chi connectivity index (χ0v) is 7.21. The molecule has 12 heavy (non-hydrogen) atoms. The Morgan fingerprint density at radius 3 is 2.75 bits per heavy atom. The summed E-state index contributed by atoms with van der Waals surface area (Å²) in [7, 11) is 0. The summed E-state index contributed by atoms with van der Waals surface area (Å²) >= 11 is 0. The lowest BCUT2D eigenvalue weighted by atomic mass is 10.3. The molecule has 0 unspecified atom stereocenters. The third kappa shape index (κ3) is 5.52. The number of amidine groups is 1. The largest absolute Gasteiger partial charge is 0.409 e. The van der Waals surface area contributed by atoms with E-state index in [1.807, 2.05) is 6.92 Å². The van der Waals surface area contributed by atoms with E-state index in [9.17, 15) is 4.79 Å². The molecule has 0 saturated heterocycles. The van der Waals surface area contributed by atoms with Crippen molar-refractivity contribution in [2.24, 2.45) is 10.9 Å². The fourth-order valence-electron chi connectivity index (χ4n) is 0.695. The van der Waals surface area contributed by atoms with Crippen molar-refractivity contribution in [1.29, 1.82) is 0 Å². The molecule has 0 aromatic carbocycles. The van der Waals surface area contributed by atoms with E-state index in [4.69, 9.17) is 10.9 Å². The highest BCUT2D eigenvalue weighted by Gasteiger charge is 1.98. The molecule has 70 valence electrons. The third-order valence-corrected chi connectivity index (χ3v) is 1.31. The molecule has 0 saturated carbocycles. The van der Waals surface area contributed by atoms with Gasteiger partial charge in [0, 0.05) is 19.4 Å². The van der Waals surface area contributed by atoms with Gasteiger partial charge in [0.15, 0.2) is 0 Å². The average Bonchev–Trinajstić information content (AvgIpc) is 2.04. The number of oxime groups is 1. The molecule has 0 heterocycles. The Labute approximate surface area is 71.6 Å². The first-order chi connectivity index (χ1) is 5.70. The molecule has 0 aromatic rings. The summed E-state index contributed by atoms with van der Waals surface area (Å²) < 4.78 is 0. The molecule has 0 bridgehead atoms. The Morgan fingerprint density at radius 1 is 1.58 bits per heavy atom. The van der Waals surface area contributed by atoms with Crippen molar-refractivity contribution >= 4 is 11.7 Å². The number of nitrogens with two attached hydrogens (primary N) is 1. The Kier molecular flexibility index (Phi) is 5.77. The predicted octanol–water partition coefficient (Wildman–Crippen LogP) is 0.0392. The first-order valence-corrected chi connectivity index (χ1v) is 3.93. The normalized spacial score (nSPS) is 11.2. The van der Waals surface area contributed by atoms with Gasteiger partial charge in [0.2, 0.25) is 5.91 Å². The molecule has 0 fully saturated rings. The molecule has 5 heteroatoms. The number of hydrogen-bond donors (Lipinski definition) is 3. The average molecular weight is 173 g/mol. The molecule has 0 rings (SSSR count). The molecule has 0 spiro atoms. The number of carbonyl (C=O) groups excluding carboxylic acids is 1. The molecule has 0 aliphatic heterocycles. The summed E-state index contributed by atoms with van der Waals surface area (Å²) in [5.41, 5.74) is 5.18. The number of nitrogens with one attached hydrogen (secondary N) is 1. The van der Waals surface area contributed by atoms with Crippen LogP contribution in [0.1, 0.15) is 26.2 Å². The van der Waals surface area contributed by atoms with Gasteiger partial charge in [0.1, 0.15) is 5.84 Å². The minimum absolute atomic E-state index is 0.00300. The van der Waals surface area contributed by atoms with Gasteiger partial charge in [0.25, 0.3) is 0 Å². The van der Waals surface area contributed by atoms with E-state index in [1.54, 1.807) is 0 Å². The summed E-state index contributed by atoms with van der Waals surface area (Å²) in [6, 6.07) is 0. The molecular formula is C7H15N3O2. The van der Waals surface area contributed by atoms with Crippen LogP contribution in [0.4, 0.5) is 0 Å². The van der Waals surface area contributed by atoms with Gasteiger partial charge in [0.05, 0.1) is 0 Å². The van der Waals surface area contributed by atoms with Crippen molar-refractivity contribution in [2.75, 3.05) is 6.54 Å². The molecule has 5 nitrogen and oxygen atoms in total. The molecule has 0 aliphatic carbocycles. The first-order valence-electron chi connectivity index (χ1n) is 3.93. The topological polar surface area (TPSA) is 87.7 Å². The van der Waals surface area contributed by atoms with Gasteiger partial charge in [-0.1, -0.05) is 12.1 Å². The highest BCUT2D eigenvalue weighted by molar-refractivity contribution is 5.81. The first kappa shape index (κ1) is 10.7. The summed E-state index contributed by atoms with van der Waals surface area (Å²) in [4.78, 5) is 10.9. The van der Waals surface area contributed by atoms with Crippen LogP contribution < -0.4 is 11.1 Å². The lowest BCUT2D eigenvalue weighted by molar-refractivity contribution is -0.121. The van der Waals surface area contributed by atoms with Crippen LogP contribution in [-0.4, -0.2) is 23.5 Å². The summed E-state index contributed by atoms with van der Waals surface area (Å²) in [5.74, 6) is 0.134. The van der Waals surface area contributed by atoms with Crippen LogP contribution in [0.25, 0.3) is 0 Å². The predicted molar refractivity (Wildman–Crippen MR) is 45.9 cm³/mol. The van der Waals surface area contributed by atoms with Gasteiger partial charge in [-0.3, -0.25) is 4.79 Å². The maximum Gasteiger partial charge on any atom is 0.219 e. The lowest BCUT2D eigenvalue weighted by Gasteiger charge is -2.02. The standard InChI is InChI=1S/C7H15N3O2/c1-2-3-7(11)9-5-4-6(8)10-12/h12H,2-5H2,1H3,(H2,8,10)(H,9,11). The van der Waals surface area contributed by atoms with Gasteiger partial charge in [-0.2, -0.15) is 0 Å². The molecule has 4 N–H and O–H groups in total. The quantitative estimate of drug-likeness (QED) is 0.237. The third-order valence-electron chi connectivity index (χ3n) is 1.31. The monoisotopic (exact) mass is 173 g/mol. The number of rotatable bonds is 5. The van der Waals surface area contributed by atoms with E-state index in [0.717, 1.165) is 6.42 Å². The smallest absolute Gasteiger partial charge is 0.219 e. The van der Waals surface area contributed by atoms with Crippen LogP contribution >= 0.6 is 0 Å². The van der Waals surface area contributed by atoms with E-state index in [0.29, 0.717) is 19.4 Å². The van der Waals surface area contributed by atoms with E-state index in [2.05, 4.69) is 10.5 Å². The maximum absolute atomic E-state index is 10.9. The van der Waals surface area contributed by atoms with E-state index >= 15 is 0 Å². The van der Waals surface area contributed by atoms with Gasteiger partial charge in [-0.05, 0) is 6.42 Å². The van der Waals surface area contributed by atoms with Crippen molar-refractivity contribution < 1.29 is 10.0 Å². The number of nitrogens with zero attached hydrogens (tertiary/aromatic N) is 1. The fourth-order valence-corrected chi connectivity index (χ4v) is 0.695. The zero-order valence-electron chi connectivity index (χ0n) is 7.21. The minimum atomic E-state index is 0.00300. The van der Waals surface area contributed by atoms with Crippen LogP contribution in [0.5, 0.6) is 0 Å². The van der Waals surface area contributed by atoms with E-state index in [1.165, 1.54) is 0 Å². The summed E-state index contributed by atoms with van der Waals surface area (Å²) in [5, 5.41) is 13.6. The lowest BCUT2D eigenvalue weighted by Crippen LogP contribution is -2.27. The van der Waals surface area contributed by atoms with Gasteiger partial charge in [-0.25, -0.2) is 0 Å². The zero-order chi connectivity index (χ0) is 9.40. The van der Waals surface area contributed by atoms with Crippen LogP contribution in [0, 0.1) is 0 Å². The second-order valence-electron chi connectivity index (χ2n) is 2.44. The van der Waals surface area contributed by atoms with Crippen LogP contribution in [0.15, 0.2) is 5.16 Å². The molecule has 0 aromatic heterocycles. The van der Waals surface area contributed by atoms with E-state index in [-0.39, 0.29) is 11.7 Å². The SMILES string of the molecule is CCCC(=O)NCCC(N)=NO. The minimum Gasteiger partial charge on any atom is -0.409 e. The van der Waals surface area contributed by atoms with Gasteiger partial charge >= 0.3 is 0 Å². The Morgan fingerprint density at radius 2 is 2.25 bits per heavy atom. The molecule has 1 amide bonds. The fraction of sp³-hybridized carbons (Fsp3) is 0.714. The Hall–Kier alpha value is -1.26. The van der Waals surface area contributed by atoms with Crippen LogP contribution in [0.3, 0.4) is 0 Å². The summed E-state index contributed by atoms with van der Waals surface area (Å²) in [6.45, 7) is 2.36. The highest BCUT2D eigenvalue weighted by Crippen LogP contribution is 1.85. The second-order valence-corrected chi connectivity index (χ2v) is 2.44. The second kappa shape index (κ2) is 6.45. The molecule has 0 atom stereocenters. The highest BCUT2D eigenvalue weighted by atomic mass is 16.4. The molecular weight excluding hydrogens is 158 g/mol. The van der Waals surface area contributed by atoms with E-state index < -0.39 is 0 Å². The van der Waals surface area contributed by atoms with Crippen molar-refractivity contribution in [3.63, 3.8) is 0 Å². The van der Waals surface area contributed by atoms with Crippen LogP contribution in [-0.2, 0) is 4.79 Å². The van der Waals surface area contributed by atoms with Gasteiger partial charge in [-0.15, -0.1) is 0 Å². The Balaban J connectivity index is 3.37. The van der Waals surface area contributed by atoms with Crippen molar-refractivity contribution in [2.45, 2.75) is 26.2 Å². The number of carbonyl (C=O) groups is 1. The van der Waals surface area contributed by atoms with Crippen LogP contribution in [0.2, 0.25) is 0 Å². The van der Waals surface area contributed by atoms with Crippen molar-refractivity contribution in [3.05, 3.63) is 0 Å². The number of hydrogen-bond acceptors (Lipinski definition) is 3. The van der Waals surface area contributed by atoms with Crippen molar-refractivity contribution in [1.82, 2.24) is 5.32 Å². The maximum atomic E-state index is 10.9. The van der Waals surface area contributed by atoms with Crippen molar-refractivity contribution in [3.8, 4) is 0 Å². The Bertz CT molecular complexity index is 168. The summed E-state index contributed by atoms with van der Waals surface area (Å²) in [6.07, 6.45) is 1.73. The molecule has 0 aliphatic rings. The van der Waals surface area contributed by atoms with Gasteiger partial charge < -0.3 is 16.3 Å².